The topological polar surface area (TPSA) is 78.4 Å². The van der Waals surface area contributed by atoms with E-state index in [1.54, 1.807) is 11.8 Å². The summed E-state index contributed by atoms with van der Waals surface area (Å²) in [6, 6.07) is -0.761. The van der Waals surface area contributed by atoms with Crippen LogP contribution in [-0.2, 0) is 9.59 Å². The Morgan fingerprint density at radius 2 is 2.24 bits per heavy atom. The third-order valence-electron chi connectivity index (χ3n) is 3.08. The fourth-order valence-corrected chi connectivity index (χ4v) is 2.40. The van der Waals surface area contributed by atoms with Crippen molar-refractivity contribution < 1.29 is 14.7 Å². The zero-order valence-corrected chi connectivity index (χ0v) is 11.0. The zero-order chi connectivity index (χ0) is 12.8. The standard InChI is InChI=1S/C11H20N2O3S/c1-7-5-12-6-8(7)10(14)13-9(11(15)16)3-4-17-2/h7-9,12H,3-6H2,1-2H3,(H,13,14)(H,15,16). The Hall–Kier alpha value is -0.750. The van der Waals surface area contributed by atoms with Crippen LogP contribution < -0.4 is 10.6 Å². The summed E-state index contributed by atoms with van der Waals surface area (Å²) in [5.74, 6) is -0.200. The van der Waals surface area contributed by atoms with Gasteiger partial charge in [0, 0.05) is 6.54 Å². The highest BCUT2D eigenvalue weighted by atomic mass is 32.2. The number of rotatable bonds is 6. The van der Waals surface area contributed by atoms with E-state index >= 15 is 0 Å². The summed E-state index contributed by atoms with van der Waals surface area (Å²) >= 11 is 1.58. The number of amides is 1. The Labute approximate surface area is 106 Å². The van der Waals surface area contributed by atoms with Crippen molar-refractivity contribution in [2.75, 3.05) is 25.1 Å². The van der Waals surface area contributed by atoms with E-state index in [2.05, 4.69) is 10.6 Å². The van der Waals surface area contributed by atoms with Crippen LogP contribution in [0.25, 0.3) is 0 Å². The number of hydrogen-bond donors (Lipinski definition) is 3. The molecule has 0 aromatic rings. The summed E-state index contributed by atoms with van der Waals surface area (Å²) in [6.07, 6.45) is 2.39. The average molecular weight is 260 g/mol. The monoisotopic (exact) mass is 260 g/mol. The van der Waals surface area contributed by atoms with Crippen molar-refractivity contribution in [3.05, 3.63) is 0 Å². The summed E-state index contributed by atoms with van der Waals surface area (Å²) in [5, 5.41) is 14.8. The van der Waals surface area contributed by atoms with Crippen LogP contribution in [0.5, 0.6) is 0 Å². The van der Waals surface area contributed by atoms with Crippen molar-refractivity contribution in [3.63, 3.8) is 0 Å². The molecule has 98 valence electrons. The lowest BCUT2D eigenvalue weighted by molar-refractivity contribution is -0.142. The maximum Gasteiger partial charge on any atom is 0.326 e. The SMILES string of the molecule is CSCCC(NC(=O)C1CNCC1C)C(=O)O. The highest BCUT2D eigenvalue weighted by molar-refractivity contribution is 7.98. The highest BCUT2D eigenvalue weighted by Gasteiger charge is 2.31. The molecular formula is C11H20N2O3S. The Morgan fingerprint density at radius 3 is 2.71 bits per heavy atom. The summed E-state index contributed by atoms with van der Waals surface area (Å²) in [5.41, 5.74) is 0. The van der Waals surface area contributed by atoms with Crippen LogP contribution in [0, 0.1) is 11.8 Å². The molecule has 1 rings (SSSR count). The molecule has 0 saturated carbocycles. The first-order valence-electron chi connectivity index (χ1n) is 5.79. The molecule has 0 spiro atoms. The predicted octanol–water partition coefficient (Wildman–Crippen LogP) is 0.164. The largest absolute Gasteiger partial charge is 0.480 e. The molecule has 3 unspecified atom stereocenters. The lowest BCUT2D eigenvalue weighted by Crippen LogP contribution is -2.45. The molecule has 17 heavy (non-hydrogen) atoms. The van der Waals surface area contributed by atoms with Crippen molar-refractivity contribution in [1.29, 1.82) is 0 Å². The van der Waals surface area contributed by atoms with Crippen LogP contribution in [0.15, 0.2) is 0 Å². The van der Waals surface area contributed by atoms with E-state index < -0.39 is 12.0 Å². The summed E-state index contributed by atoms with van der Waals surface area (Å²) in [4.78, 5) is 22.9. The van der Waals surface area contributed by atoms with E-state index in [1.165, 1.54) is 0 Å². The van der Waals surface area contributed by atoms with E-state index in [0.717, 1.165) is 12.3 Å². The Morgan fingerprint density at radius 1 is 1.53 bits per heavy atom. The molecule has 0 aromatic heterocycles. The van der Waals surface area contributed by atoms with Crippen LogP contribution in [0.3, 0.4) is 0 Å². The van der Waals surface area contributed by atoms with Crippen LogP contribution in [0.4, 0.5) is 0 Å². The number of carboxylic acids is 1. The van der Waals surface area contributed by atoms with Gasteiger partial charge in [0.1, 0.15) is 6.04 Å². The molecule has 0 bridgehead atoms. The Balaban J connectivity index is 2.48. The van der Waals surface area contributed by atoms with Gasteiger partial charge in [0.2, 0.25) is 5.91 Å². The first-order chi connectivity index (χ1) is 8.06. The van der Waals surface area contributed by atoms with Crippen molar-refractivity contribution >= 4 is 23.6 Å². The molecule has 3 atom stereocenters. The third kappa shape index (κ3) is 4.20. The normalized spacial score (nSPS) is 25.5. The van der Waals surface area contributed by atoms with Gasteiger partial charge in [-0.25, -0.2) is 4.79 Å². The molecule has 1 amide bonds. The van der Waals surface area contributed by atoms with Crippen molar-refractivity contribution in [1.82, 2.24) is 10.6 Å². The minimum atomic E-state index is -0.953. The fourth-order valence-electron chi connectivity index (χ4n) is 1.93. The zero-order valence-electron chi connectivity index (χ0n) is 10.2. The minimum absolute atomic E-state index is 0.105. The van der Waals surface area contributed by atoms with Gasteiger partial charge in [0.05, 0.1) is 5.92 Å². The maximum atomic E-state index is 11.9. The number of aliphatic carboxylic acids is 1. The molecule has 1 heterocycles. The lowest BCUT2D eigenvalue weighted by atomic mass is 9.97. The van der Waals surface area contributed by atoms with Crippen LogP contribution in [0.1, 0.15) is 13.3 Å². The van der Waals surface area contributed by atoms with E-state index in [0.29, 0.717) is 13.0 Å². The van der Waals surface area contributed by atoms with Gasteiger partial charge < -0.3 is 15.7 Å². The molecule has 0 aliphatic carbocycles. The summed E-state index contributed by atoms with van der Waals surface area (Å²) in [7, 11) is 0. The van der Waals surface area contributed by atoms with Crippen LogP contribution in [-0.4, -0.2) is 48.1 Å². The Kier molecular flexibility index (Phi) is 5.77. The fraction of sp³-hybridized carbons (Fsp3) is 0.818. The van der Waals surface area contributed by atoms with E-state index in [1.807, 2.05) is 13.2 Å². The number of carbonyl (C=O) groups excluding carboxylic acids is 1. The van der Waals surface area contributed by atoms with Crippen molar-refractivity contribution in [2.45, 2.75) is 19.4 Å². The predicted molar refractivity (Wildman–Crippen MR) is 68.1 cm³/mol. The Bertz CT molecular complexity index is 286. The molecule has 1 fully saturated rings. The average Bonchev–Trinajstić information content (AvgIpc) is 2.70. The molecule has 5 nitrogen and oxygen atoms in total. The van der Waals surface area contributed by atoms with Gasteiger partial charge >= 0.3 is 5.97 Å². The second kappa shape index (κ2) is 6.86. The third-order valence-corrected chi connectivity index (χ3v) is 3.72. The van der Waals surface area contributed by atoms with Crippen LogP contribution >= 0.6 is 11.8 Å². The van der Waals surface area contributed by atoms with Gasteiger partial charge in [0.15, 0.2) is 0 Å². The van der Waals surface area contributed by atoms with E-state index in [-0.39, 0.29) is 17.7 Å². The van der Waals surface area contributed by atoms with Gasteiger partial charge in [-0.1, -0.05) is 6.92 Å². The number of nitrogens with one attached hydrogen (secondary N) is 2. The van der Waals surface area contributed by atoms with E-state index in [9.17, 15) is 9.59 Å². The van der Waals surface area contributed by atoms with Gasteiger partial charge in [-0.3, -0.25) is 4.79 Å². The summed E-state index contributed by atoms with van der Waals surface area (Å²) in [6.45, 7) is 3.46. The highest BCUT2D eigenvalue weighted by Crippen LogP contribution is 2.16. The van der Waals surface area contributed by atoms with Gasteiger partial charge in [0.25, 0.3) is 0 Å². The molecule has 0 radical (unpaired) electrons. The van der Waals surface area contributed by atoms with Gasteiger partial charge in [-0.15, -0.1) is 0 Å². The quantitative estimate of drug-likeness (QED) is 0.634. The maximum absolute atomic E-state index is 11.9. The first kappa shape index (κ1) is 14.3. The molecule has 0 aromatic carbocycles. The smallest absolute Gasteiger partial charge is 0.326 e. The van der Waals surface area contributed by atoms with Crippen molar-refractivity contribution in [3.8, 4) is 0 Å². The molecule has 1 aliphatic rings. The van der Waals surface area contributed by atoms with Gasteiger partial charge in [-0.2, -0.15) is 11.8 Å². The van der Waals surface area contributed by atoms with Crippen molar-refractivity contribution in [2.24, 2.45) is 11.8 Å². The number of thioether (sulfide) groups is 1. The lowest BCUT2D eigenvalue weighted by Gasteiger charge is -2.18. The number of hydrogen-bond acceptors (Lipinski definition) is 4. The minimum Gasteiger partial charge on any atom is -0.480 e. The molecule has 1 saturated heterocycles. The van der Waals surface area contributed by atoms with Crippen LogP contribution in [0.2, 0.25) is 0 Å². The second-order valence-corrected chi connectivity index (χ2v) is 5.41. The number of carboxylic acid groups (broad SMARTS) is 1. The number of carbonyl (C=O) groups is 2. The van der Waals surface area contributed by atoms with E-state index in [4.69, 9.17) is 5.11 Å². The molecule has 1 aliphatic heterocycles. The first-order valence-corrected chi connectivity index (χ1v) is 7.18. The molecule has 6 heteroatoms. The second-order valence-electron chi connectivity index (χ2n) is 4.42. The molecular weight excluding hydrogens is 240 g/mol. The van der Waals surface area contributed by atoms with Gasteiger partial charge in [-0.05, 0) is 30.9 Å². The molecule has 3 N–H and O–H groups in total. The summed E-state index contributed by atoms with van der Waals surface area (Å²) < 4.78 is 0.